The first kappa shape index (κ1) is 23.7. The number of terminal acetylenes is 1. The first-order valence-corrected chi connectivity index (χ1v) is 11.1. The molecule has 5 atom stereocenters. The molecule has 7 nitrogen and oxygen atoms in total. The number of aryl methyl sites for hydroxylation is 1. The summed E-state index contributed by atoms with van der Waals surface area (Å²) in [6.07, 6.45) is 6.67. The summed E-state index contributed by atoms with van der Waals surface area (Å²) in [5.41, 5.74) is 2.26. The Bertz CT molecular complexity index is 899. The van der Waals surface area contributed by atoms with Crippen molar-refractivity contribution < 1.29 is 18.8 Å². The molecular weight excluding hydrogens is 411 g/mol. The van der Waals surface area contributed by atoms with E-state index < -0.39 is 36.1 Å². The first-order valence-electron chi connectivity index (χ1n) is 11.1. The molecule has 3 N–H and O–H groups in total. The third kappa shape index (κ3) is 5.28. The molecular formula is C24H31FN4O3. The second kappa shape index (κ2) is 10.6. The van der Waals surface area contributed by atoms with Crippen molar-refractivity contribution in [3.05, 3.63) is 35.4 Å². The summed E-state index contributed by atoms with van der Waals surface area (Å²) in [7, 11) is 1.63. The molecule has 1 aliphatic carbocycles. The number of nitrogens with one attached hydrogen (secondary N) is 3. The highest BCUT2D eigenvalue weighted by Crippen LogP contribution is 2.30. The fraction of sp³-hybridized carbons (Fsp3) is 0.542. The van der Waals surface area contributed by atoms with Crippen LogP contribution in [0.4, 0.5) is 4.39 Å². The molecule has 8 heteroatoms. The summed E-state index contributed by atoms with van der Waals surface area (Å²) in [5.74, 6) is 1.08. The molecule has 0 aromatic heterocycles. The van der Waals surface area contributed by atoms with Gasteiger partial charge in [0.2, 0.25) is 17.7 Å². The molecule has 1 heterocycles. The number of fused-ring (bicyclic) bond motifs is 1. The fourth-order valence-corrected chi connectivity index (χ4v) is 4.39. The van der Waals surface area contributed by atoms with E-state index >= 15 is 0 Å². The number of likely N-dealkylation sites (N-methyl/N-ethyl adjacent to an activating group) is 1. The molecule has 3 amide bonds. The second-order valence-corrected chi connectivity index (χ2v) is 8.47. The van der Waals surface area contributed by atoms with Gasteiger partial charge in [-0.3, -0.25) is 14.4 Å². The molecule has 0 bridgehead atoms. The number of rotatable bonds is 7. The molecule has 1 aromatic rings. The largest absolute Gasteiger partial charge is 0.347 e. The molecule has 0 spiro atoms. The number of amides is 3. The van der Waals surface area contributed by atoms with E-state index in [9.17, 15) is 18.8 Å². The number of carbonyl (C=O) groups is 3. The van der Waals surface area contributed by atoms with Gasteiger partial charge in [-0.05, 0) is 44.4 Å². The average molecular weight is 443 g/mol. The molecule has 32 heavy (non-hydrogen) atoms. The van der Waals surface area contributed by atoms with Crippen LogP contribution in [0.1, 0.15) is 49.8 Å². The van der Waals surface area contributed by atoms with E-state index in [-0.39, 0.29) is 31.3 Å². The zero-order chi connectivity index (χ0) is 23.3. The van der Waals surface area contributed by atoms with Gasteiger partial charge in [0.1, 0.15) is 18.3 Å². The Morgan fingerprint density at radius 2 is 2.06 bits per heavy atom. The zero-order valence-electron chi connectivity index (χ0n) is 18.6. The second-order valence-electron chi connectivity index (χ2n) is 8.47. The Labute approximate surface area is 188 Å². The normalized spacial score (nSPS) is 24.1. The molecule has 1 aromatic carbocycles. The van der Waals surface area contributed by atoms with E-state index in [1.54, 1.807) is 14.0 Å². The van der Waals surface area contributed by atoms with Gasteiger partial charge in [0.15, 0.2) is 0 Å². The SMILES string of the molecule is C#CCC(NC(=O)C(C)NC)C(=O)N1CC(F)CC1C(=O)NC1CCCc2ccccc21. The summed E-state index contributed by atoms with van der Waals surface area (Å²) >= 11 is 0. The maximum Gasteiger partial charge on any atom is 0.246 e. The zero-order valence-corrected chi connectivity index (χ0v) is 18.6. The van der Waals surface area contributed by atoms with Crippen LogP contribution in [0.5, 0.6) is 0 Å². The Morgan fingerprint density at radius 1 is 1.31 bits per heavy atom. The van der Waals surface area contributed by atoms with Crippen LogP contribution in [0.2, 0.25) is 0 Å². The van der Waals surface area contributed by atoms with E-state index in [1.165, 1.54) is 10.5 Å². The highest BCUT2D eigenvalue weighted by Gasteiger charge is 2.43. The number of halogens is 1. The van der Waals surface area contributed by atoms with Crippen molar-refractivity contribution >= 4 is 17.7 Å². The van der Waals surface area contributed by atoms with Gasteiger partial charge in [0, 0.05) is 12.8 Å². The topological polar surface area (TPSA) is 90.5 Å². The summed E-state index contributed by atoms with van der Waals surface area (Å²) in [4.78, 5) is 39.8. The number of hydrogen-bond acceptors (Lipinski definition) is 4. The lowest BCUT2D eigenvalue weighted by molar-refractivity contribution is -0.141. The highest BCUT2D eigenvalue weighted by atomic mass is 19.1. The van der Waals surface area contributed by atoms with Gasteiger partial charge in [0.05, 0.1) is 18.6 Å². The van der Waals surface area contributed by atoms with E-state index in [2.05, 4.69) is 27.9 Å². The van der Waals surface area contributed by atoms with E-state index in [4.69, 9.17) is 6.42 Å². The Balaban J connectivity index is 1.73. The number of benzene rings is 1. The van der Waals surface area contributed by atoms with Crippen molar-refractivity contribution in [2.24, 2.45) is 0 Å². The minimum absolute atomic E-state index is 0.0429. The van der Waals surface area contributed by atoms with Crippen molar-refractivity contribution in [3.63, 3.8) is 0 Å². The molecule has 1 saturated heterocycles. The van der Waals surface area contributed by atoms with Crippen LogP contribution >= 0.6 is 0 Å². The third-order valence-electron chi connectivity index (χ3n) is 6.28. The van der Waals surface area contributed by atoms with Gasteiger partial charge in [-0.2, -0.15) is 0 Å². The molecule has 1 aliphatic heterocycles. The summed E-state index contributed by atoms with van der Waals surface area (Å²) in [6.45, 7) is 1.45. The monoisotopic (exact) mass is 442 g/mol. The maximum atomic E-state index is 14.3. The number of likely N-dealkylation sites (tertiary alicyclic amines) is 1. The van der Waals surface area contributed by atoms with Gasteiger partial charge in [-0.1, -0.05) is 24.3 Å². The quantitative estimate of drug-likeness (QED) is 0.554. The van der Waals surface area contributed by atoms with E-state index in [0.29, 0.717) is 0 Å². The van der Waals surface area contributed by atoms with Gasteiger partial charge >= 0.3 is 0 Å². The highest BCUT2D eigenvalue weighted by molar-refractivity contribution is 5.93. The van der Waals surface area contributed by atoms with Crippen LogP contribution in [0.3, 0.4) is 0 Å². The van der Waals surface area contributed by atoms with Crippen molar-refractivity contribution in [3.8, 4) is 12.3 Å². The Kier molecular flexibility index (Phi) is 7.86. The molecule has 172 valence electrons. The van der Waals surface area contributed by atoms with Gasteiger partial charge in [0.25, 0.3) is 0 Å². The minimum atomic E-state index is -1.31. The maximum absolute atomic E-state index is 14.3. The number of carbonyl (C=O) groups excluding carboxylic acids is 3. The predicted molar refractivity (Wildman–Crippen MR) is 119 cm³/mol. The van der Waals surface area contributed by atoms with E-state index in [1.807, 2.05) is 18.2 Å². The van der Waals surface area contributed by atoms with Crippen molar-refractivity contribution in [1.82, 2.24) is 20.9 Å². The van der Waals surface area contributed by atoms with Gasteiger partial charge in [-0.15, -0.1) is 12.3 Å². The minimum Gasteiger partial charge on any atom is -0.347 e. The van der Waals surface area contributed by atoms with Crippen LogP contribution in [0, 0.1) is 12.3 Å². The average Bonchev–Trinajstić information content (AvgIpc) is 3.19. The Morgan fingerprint density at radius 3 is 2.78 bits per heavy atom. The fourth-order valence-electron chi connectivity index (χ4n) is 4.39. The standard InChI is InChI=1S/C24H31FN4O3/c1-4-8-20(28-22(30)15(2)26-3)24(32)29-14-17(25)13-21(29)23(31)27-19-12-7-10-16-9-5-6-11-18(16)19/h1,5-6,9,11,15,17,19-21,26H,7-8,10,12-14H2,2-3H3,(H,27,31)(H,28,30). The lowest BCUT2D eigenvalue weighted by atomic mass is 9.87. The first-order chi connectivity index (χ1) is 15.3. The Hall–Kier alpha value is -2.92. The molecule has 5 unspecified atom stereocenters. The smallest absolute Gasteiger partial charge is 0.246 e. The number of hydrogen-bond donors (Lipinski definition) is 3. The molecule has 0 radical (unpaired) electrons. The molecule has 0 saturated carbocycles. The molecule has 1 fully saturated rings. The van der Waals surface area contributed by atoms with Crippen LogP contribution in [-0.4, -0.2) is 60.5 Å². The molecule has 3 rings (SSSR count). The lowest BCUT2D eigenvalue weighted by Crippen LogP contribution is -2.55. The van der Waals surface area contributed by atoms with Crippen molar-refractivity contribution in [2.45, 2.75) is 69.4 Å². The number of nitrogens with zero attached hydrogens (tertiary/aromatic N) is 1. The van der Waals surface area contributed by atoms with Crippen LogP contribution in [0.25, 0.3) is 0 Å². The summed E-state index contributed by atoms with van der Waals surface area (Å²) in [5, 5.41) is 8.44. The van der Waals surface area contributed by atoms with E-state index in [0.717, 1.165) is 24.8 Å². The van der Waals surface area contributed by atoms with Gasteiger partial charge in [-0.25, -0.2) is 4.39 Å². The molecule has 2 aliphatic rings. The summed E-state index contributed by atoms with van der Waals surface area (Å²) in [6, 6.07) is 5.31. The van der Waals surface area contributed by atoms with Crippen LogP contribution in [0.15, 0.2) is 24.3 Å². The van der Waals surface area contributed by atoms with Crippen molar-refractivity contribution in [1.29, 1.82) is 0 Å². The van der Waals surface area contributed by atoms with Crippen LogP contribution < -0.4 is 16.0 Å². The summed E-state index contributed by atoms with van der Waals surface area (Å²) < 4.78 is 14.3. The predicted octanol–water partition coefficient (Wildman–Crippen LogP) is 1.24. The number of alkyl halides is 1. The lowest BCUT2D eigenvalue weighted by Gasteiger charge is -2.31. The van der Waals surface area contributed by atoms with Crippen molar-refractivity contribution in [2.75, 3.05) is 13.6 Å². The van der Waals surface area contributed by atoms with Gasteiger partial charge < -0.3 is 20.9 Å². The van der Waals surface area contributed by atoms with Crippen LogP contribution in [-0.2, 0) is 20.8 Å². The third-order valence-corrected chi connectivity index (χ3v) is 6.28.